The van der Waals surface area contributed by atoms with Crippen LogP contribution >= 0.6 is 11.8 Å². The zero-order valence-corrected chi connectivity index (χ0v) is 15.3. The van der Waals surface area contributed by atoms with Gasteiger partial charge in [-0.05, 0) is 24.3 Å². The number of aromatic nitrogens is 2. The molecule has 0 fully saturated rings. The van der Waals surface area contributed by atoms with Crippen molar-refractivity contribution in [3.63, 3.8) is 0 Å². The molecule has 7 nitrogen and oxygen atoms in total. The number of carbonyl (C=O) groups is 2. The number of carbonyl (C=O) groups excluding carboxylic acids is 2. The smallest absolute Gasteiger partial charge is 0.277 e. The Balaban J connectivity index is 1.65. The van der Waals surface area contributed by atoms with E-state index in [0.717, 1.165) is 17.3 Å². The van der Waals surface area contributed by atoms with Crippen molar-refractivity contribution in [3.05, 3.63) is 60.7 Å². The highest BCUT2D eigenvalue weighted by molar-refractivity contribution is 7.99. The zero-order valence-electron chi connectivity index (χ0n) is 14.4. The summed E-state index contributed by atoms with van der Waals surface area (Å²) in [4.78, 5) is 25.3. The van der Waals surface area contributed by atoms with Crippen LogP contribution in [0, 0.1) is 0 Å². The summed E-state index contributed by atoms with van der Waals surface area (Å²) in [6, 6.07) is 18.5. The molecular weight excluding hydrogens is 364 g/mol. The van der Waals surface area contributed by atoms with Gasteiger partial charge in [-0.2, -0.15) is 0 Å². The second-order valence-corrected chi connectivity index (χ2v) is 6.55. The number of primary amides is 1. The third-order valence-electron chi connectivity index (χ3n) is 3.70. The highest BCUT2D eigenvalue weighted by Crippen LogP contribution is 2.24. The molecule has 138 valence electrons. The van der Waals surface area contributed by atoms with Crippen LogP contribution in [0.1, 0.15) is 6.42 Å². The van der Waals surface area contributed by atoms with Crippen molar-refractivity contribution in [1.82, 2.24) is 10.2 Å². The number of anilines is 1. The molecule has 0 aliphatic rings. The van der Waals surface area contributed by atoms with E-state index in [1.165, 1.54) is 4.90 Å². The Morgan fingerprint density at radius 2 is 1.67 bits per heavy atom. The van der Waals surface area contributed by atoms with Crippen LogP contribution in [0.3, 0.4) is 0 Å². The van der Waals surface area contributed by atoms with Crippen LogP contribution in [-0.4, -0.2) is 34.3 Å². The Bertz CT molecular complexity index is 900. The van der Waals surface area contributed by atoms with E-state index < -0.39 is 5.91 Å². The molecule has 0 saturated heterocycles. The molecule has 0 unspecified atom stereocenters. The average Bonchev–Trinajstić information content (AvgIpc) is 3.17. The molecule has 2 N–H and O–H groups in total. The Kier molecular flexibility index (Phi) is 6.22. The lowest BCUT2D eigenvalue weighted by molar-refractivity contribution is -0.118. The van der Waals surface area contributed by atoms with E-state index in [1.54, 1.807) is 0 Å². The quantitative estimate of drug-likeness (QED) is 0.601. The molecule has 0 aliphatic carbocycles. The molecule has 8 heteroatoms. The summed E-state index contributed by atoms with van der Waals surface area (Å²) >= 11 is 1.15. The number of nitrogens with zero attached hydrogens (tertiary/aromatic N) is 3. The van der Waals surface area contributed by atoms with Crippen molar-refractivity contribution in [2.75, 3.05) is 17.2 Å². The number of benzene rings is 2. The first-order valence-corrected chi connectivity index (χ1v) is 9.27. The lowest BCUT2D eigenvalue weighted by Gasteiger charge is -2.21. The van der Waals surface area contributed by atoms with Gasteiger partial charge in [0.1, 0.15) is 0 Å². The van der Waals surface area contributed by atoms with Crippen molar-refractivity contribution in [1.29, 1.82) is 0 Å². The van der Waals surface area contributed by atoms with Crippen LogP contribution in [0.15, 0.2) is 70.3 Å². The van der Waals surface area contributed by atoms with Gasteiger partial charge in [-0.1, -0.05) is 48.2 Å². The molecule has 1 aromatic heterocycles. The van der Waals surface area contributed by atoms with Crippen LogP contribution in [-0.2, 0) is 9.59 Å². The predicted octanol–water partition coefficient (Wildman–Crippen LogP) is 2.74. The van der Waals surface area contributed by atoms with Crippen molar-refractivity contribution < 1.29 is 14.0 Å². The van der Waals surface area contributed by atoms with Gasteiger partial charge in [-0.3, -0.25) is 9.59 Å². The van der Waals surface area contributed by atoms with E-state index >= 15 is 0 Å². The fraction of sp³-hybridized carbons (Fsp3) is 0.158. The Hall–Kier alpha value is -3.13. The number of rotatable bonds is 8. The molecule has 0 spiro atoms. The maximum Gasteiger partial charge on any atom is 0.277 e. The Labute approximate surface area is 160 Å². The van der Waals surface area contributed by atoms with E-state index in [9.17, 15) is 9.59 Å². The minimum atomic E-state index is -0.458. The maximum absolute atomic E-state index is 12.7. The van der Waals surface area contributed by atoms with Gasteiger partial charge in [-0.15, -0.1) is 10.2 Å². The average molecular weight is 382 g/mol. The first kappa shape index (κ1) is 18.7. The zero-order chi connectivity index (χ0) is 19.1. The number of thioether (sulfide) groups is 1. The molecule has 2 aromatic carbocycles. The summed E-state index contributed by atoms with van der Waals surface area (Å²) < 4.78 is 5.60. The maximum atomic E-state index is 12.7. The molecule has 0 bridgehead atoms. The van der Waals surface area contributed by atoms with Gasteiger partial charge in [0, 0.05) is 24.2 Å². The predicted molar refractivity (Wildman–Crippen MR) is 103 cm³/mol. The number of nitrogens with two attached hydrogens (primary N) is 1. The van der Waals surface area contributed by atoms with E-state index in [2.05, 4.69) is 10.2 Å². The number of amides is 2. The summed E-state index contributed by atoms with van der Waals surface area (Å²) in [5.41, 5.74) is 6.75. The summed E-state index contributed by atoms with van der Waals surface area (Å²) in [5, 5.41) is 8.29. The summed E-state index contributed by atoms with van der Waals surface area (Å²) in [6.45, 7) is 0.220. The van der Waals surface area contributed by atoms with E-state index in [4.69, 9.17) is 10.2 Å². The van der Waals surface area contributed by atoms with Crippen LogP contribution in [0.2, 0.25) is 0 Å². The molecule has 0 saturated carbocycles. The van der Waals surface area contributed by atoms with Crippen LogP contribution in [0.25, 0.3) is 11.5 Å². The second-order valence-electron chi connectivity index (χ2n) is 5.63. The fourth-order valence-corrected chi connectivity index (χ4v) is 3.03. The number of hydrogen-bond acceptors (Lipinski definition) is 6. The molecule has 3 rings (SSSR count). The molecule has 0 aliphatic heterocycles. The lowest BCUT2D eigenvalue weighted by Crippen LogP contribution is -2.35. The van der Waals surface area contributed by atoms with Crippen molar-refractivity contribution in [3.8, 4) is 11.5 Å². The normalized spacial score (nSPS) is 10.5. The Morgan fingerprint density at radius 1 is 1.00 bits per heavy atom. The van der Waals surface area contributed by atoms with Gasteiger partial charge < -0.3 is 15.1 Å². The van der Waals surface area contributed by atoms with Crippen molar-refractivity contribution in [2.45, 2.75) is 11.6 Å². The second kappa shape index (κ2) is 9.00. The molecule has 3 aromatic rings. The van der Waals surface area contributed by atoms with Gasteiger partial charge in [-0.25, -0.2) is 0 Å². The summed E-state index contributed by atoms with van der Waals surface area (Å²) in [7, 11) is 0. The molecular formula is C19H18N4O3S. The summed E-state index contributed by atoms with van der Waals surface area (Å²) in [6.07, 6.45) is 0.0873. The van der Waals surface area contributed by atoms with Crippen LogP contribution in [0.4, 0.5) is 5.69 Å². The highest BCUT2D eigenvalue weighted by Gasteiger charge is 2.18. The molecule has 0 atom stereocenters. The van der Waals surface area contributed by atoms with Gasteiger partial charge in [0.2, 0.25) is 17.7 Å². The third kappa shape index (κ3) is 5.18. The highest BCUT2D eigenvalue weighted by atomic mass is 32.2. The molecule has 27 heavy (non-hydrogen) atoms. The molecule has 0 radical (unpaired) electrons. The largest absolute Gasteiger partial charge is 0.411 e. The fourth-order valence-electron chi connectivity index (χ4n) is 2.39. The third-order valence-corrected chi connectivity index (χ3v) is 4.50. The standard InChI is InChI=1S/C19H18N4O3S/c20-16(24)11-12-23(15-9-5-2-6-10-15)17(25)13-27-19-22-21-18(26-19)14-7-3-1-4-8-14/h1-10H,11-13H2,(H2,20,24). The molecule has 2 amide bonds. The van der Waals surface area contributed by atoms with Gasteiger partial charge in [0.25, 0.3) is 5.22 Å². The van der Waals surface area contributed by atoms with Crippen LogP contribution < -0.4 is 10.6 Å². The Morgan fingerprint density at radius 3 is 2.33 bits per heavy atom. The topological polar surface area (TPSA) is 102 Å². The van der Waals surface area contributed by atoms with Crippen molar-refractivity contribution in [2.24, 2.45) is 5.73 Å². The van der Waals surface area contributed by atoms with Gasteiger partial charge in [0.15, 0.2) is 0 Å². The lowest BCUT2D eigenvalue weighted by atomic mass is 10.2. The van der Waals surface area contributed by atoms with E-state index in [1.807, 2.05) is 60.7 Å². The monoisotopic (exact) mass is 382 g/mol. The first-order valence-electron chi connectivity index (χ1n) is 8.29. The van der Waals surface area contributed by atoms with Gasteiger partial charge >= 0.3 is 0 Å². The number of para-hydroxylation sites is 1. The van der Waals surface area contributed by atoms with Gasteiger partial charge in [0.05, 0.1) is 5.75 Å². The first-order chi connectivity index (χ1) is 13.1. The SMILES string of the molecule is NC(=O)CCN(C(=O)CSc1nnc(-c2ccccc2)o1)c1ccccc1. The summed E-state index contributed by atoms with van der Waals surface area (Å²) in [5.74, 6) is -0.128. The van der Waals surface area contributed by atoms with Crippen LogP contribution in [0.5, 0.6) is 0 Å². The number of hydrogen-bond donors (Lipinski definition) is 1. The molecule has 1 heterocycles. The van der Waals surface area contributed by atoms with E-state index in [0.29, 0.717) is 16.8 Å². The minimum Gasteiger partial charge on any atom is -0.411 e. The van der Waals surface area contributed by atoms with E-state index in [-0.39, 0.29) is 24.6 Å². The van der Waals surface area contributed by atoms with Crippen molar-refractivity contribution >= 4 is 29.3 Å². The minimum absolute atomic E-state index is 0.0873.